The van der Waals surface area contributed by atoms with E-state index in [2.05, 4.69) is 22.4 Å². The molecule has 33 heavy (non-hydrogen) atoms. The zero-order chi connectivity index (χ0) is 23.5. The van der Waals surface area contributed by atoms with Gasteiger partial charge < -0.3 is 24.1 Å². The second-order valence-electron chi connectivity index (χ2n) is 8.10. The molecule has 1 heterocycles. The quantitative estimate of drug-likeness (QED) is 0.412. The number of oxazole rings is 1. The van der Waals surface area contributed by atoms with E-state index >= 15 is 0 Å². The molecule has 1 aromatic carbocycles. The molecule has 8 nitrogen and oxygen atoms in total. The monoisotopic (exact) mass is 457 g/mol. The van der Waals surface area contributed by atoms with Crippen molar-refractivity contribution in [3.8, 4) is 0 Å². The lowest BCUT2D eigenvalue weighted by molar-refractivity contribution is -0.133. The molecule has 1 aromatic heterocycles. The Morgan fingerprint density at radius 3 is 2.58 bits per heavy atom. The zero-order valence-corrected chi connectivity index (χ0v) is 19.6. The first kappa shape index (κ1) is 24.9. The molecule has 1 saturated carbocycles. The minimum atomic E-state index is -0.290. The van der Waals surface area contributed by atoms with Gasteiger partial charge in [-0.3, -0.25) is 9.59 Å². The molecule has 0 radical (unpaired) electrons. The number of benzene rings is 1. The number of nitrogens with one attached hydrogen (secondary N) is 1. The predicted molar refractivity (Wildman–Crippen MR) is 124 cm³/mol. The number of rotatable bonds is 15. The third kappa shape index (κ3) is 7.68. The highest BCUT2D eigenvalue weighted by Crippen LogP contribution is 2.48. The van der Waals surface area contributed by atoms with Crippen LogP contribution in [0.2, 0.25) is 0 Å². The van der Waals surface area contributed by atoms with Gasteiger partial charge in [0.25, 0.3) is 5.91 Å². The van der Waals surface area contributed by atoms with Crippen molar-refractivity contribution in [3.63, 3.8) is 0 Å². The van der Waals surface area contributed by atoms with Crippen LogP contribution in [-0.2, 0) is 20.8 Å². The van der Waals surface area contributed by atoms with Crippen LogP contribution in [0.25, 0.3) is 0 Å². The molecule has 0 bridgehead atoms. The van der Waals surface area contributed by atoms with Gasteiger partial charge in [0.15, 0.2) is 5.69 Å². The number of hydrogen-bond donors (Lipinski definition) is 1. The maximum Gasteiger partial charge on any atom is 0.273 e. The Labute approximate surface area is 195 Å². The molecule has 1 N–H and O–H groups in total. The van der Waals surface area contributed by atoms with Crippen LogP contribution in [0.5, 0.6) is 0 Å². The lowest BCUT2D eigenvalue weighted by atomic mass is 10.1. The van der Waals surface area contributed by atoms with E-state index in [-0.39, 0.29) is 35.9 Å². The summed E-state index contributed by atoms with van der Waals surface area (Å²) >= 11 is 0. The molecule has 0 spiro atoms. The van der Waals surface area contributed by atoms with E-state index in [1.54, 1.807) is 4.90 Å². The van der Waals surface area contributed by atoms with Gasteiger partial charge in [0.1, 0.15) is 6.26 Å². The molecule has 2 aromatic rings. The van der Waals surface area contributed by atoms with E-state index < -0.39 is 0 Å². The lowest BCUT2D eigenvalue weighted by Crippen LogP contribution is -2.34. The minimum absolute atomic E-state index is 0.0254. The van der Waals surface area contributed by atoms with Crippen LogP contribution in [0, 0.1) is 5.92 Å². The molecule has 0 aliphatic heterocycles. The fourth-order valence-electron chi connectivity index (χ4n) is 3.80. The largest absolute Gasteiger partial charge is 0.446 e. The minimum Gasteiger partial charge on any atom is -0.446 e. The van der Waals surface area contributed by atoms with Crippen LogP contribution in [0.15, 0.2) is 41.0 Å². The topological polar surface area (TPSA) is 93.9 Å². The van der Waals surface area contributed by atoms with E-state index in [0.717, 1.165) is 19.3 Å². The summed E-state index contributed by atoms with van der Waals surface area (Å²) in [7, 11) is 0. The van der Waals surface area contributed by atoms with Crippen molar-refractivity contribution in [1.82, 2.24) is 15.2 Å². The van der Waals surface area contributed by atoms with E-state index in [9.17, 15) is 9.59 Å². The average molecular weight is 458 g/mol. The van der Waals surface area contributed by atoms with Crippen LogP contribution >= 0.6 is 0 Å². The van der Waals surface area contributed by atoms with Gasteiger partial charge in [-0.25, -0.2) is 4.98 Å². The molecule has 1 aliphatic rings. The number of ether oxygens (including phenoxy) is 2. The van der Waals surface area contributed by atoms with Gasteiger partial charge in [-0.2, -0.15) is 0 Å². The molecule has 2 atom stereocenters. The first-order valence-corrected chi connectivity index (χ1v) is 11.9. The van der Waals surface area contributed by atoms with E-state index in [0.29, 0.717) is 45.4 Å². The van der Waals surface area contributed by atoms with Crippen molar-refractivity contribution in [2.75, 3.05) is 39.5 Å². The van der Waals surface area contributed by atoms with Gasteiger partial charge in [-0.05, 0) is 44.6 Å². The molecule has 3 rings (SSSR count). The van der Waals surface area contributed by atoms with Crippen molar-refractivity contribution in [2.24, 2.45) is 5.92 Å². The molecule has 8 heteroatoms. The van der Waals surface area contributed by atoms with Crippen molar-refractivity contribution in [2.45, 2.75) is 45.6 Å². The van der Waals surface area contributed by atoms with Gasteiger partial charge in [0.05, 0.1) is 6.54 Å². The van der Waals surface area contributed by atoms with Crippen LogP contribution in [-0.4, -0.2) is 61.2 Å². The molecule has 2 unspecified atom stereocenters. The maximum atomic E-state index is 13.3. The Balaban J connectivity index is 1.56. The van der Waals surface area contributed by atoms with E-state index in [1.165, 1.54) is 11.8 Å². The number of carbonyl (C=O) groups excluding carboxylic acids is 2. The number of aromatic nitrogens is 1. The standard InChI is InChI=1S/C25H35N3O5/c1-3-31-14-8-12-26-24(29)22-18-33-23(27-22)17-28(13-9-15-32-4-2)25(30)21-16-20(21)19-10-6-5-7-11-19/h5-7,10-11,18,20-21H,3-4,8-9,12-17H2,1-2H3,(H,26,29). The molecular formula is C25H35N3O5. The van der Waals surface area contributed by atoms with Crippen molar-refractivity contribution < 1.29 is 23.5 Å². The predicted octanol–water partition coefficient (Wildman–Crippen LogP) is 3.39. The highest BCUT2D eigenvalue weighted by molar-refractivity contribution is 5.91. The summed E-state index contributed by atoms with van der Waals surface area (Å²) < 4.78 is 16.2. The van der Waals surface area contributed by atoms with Crippen molar-refractivity contribution >= 4 is 11.8 Å². The van der Waals surface area contributed by atoms with Gasteiger partial charge in [-0.15, -0.1) is 0 Å². The first-order valence-electron chi connectivity index (χ1n) is 11.9. The lowest BCUT2D eigenvalue weighted by Gasteiger charge is -2.21. The Morgan fingerprint density at radius 2 is 1.85 bits per heavy atom. The molecule has 2 amide bonds. The molecule has 1 fully saturated rings. The van der Waals surface area contributed by atoms with Gasteiger partial charge in [0, 0.05) is 45.4 Å². The van der Waals surface area contributed by atoms with Crippen LogP contribution < -0.4 is 5.32 Å². The van der Waals surface area contributed by atoms with Crippen LogP contribution in [0.4, 0.5) is 0 Å². The summed E-state index contributed by atoms with van der Waals surface area (Å²) in [4.78, 5) is 31.6. The summed E-state index contributed by atoms with van der Waals surface area (Å²) in [5.41, 5.74) is 1.42. The SMILES string of the molecule is CCOCCCNC(=O)c1coc(CN(CCCOCC)C(=O)C2CC2c2ccccc2)n1. The van der Waals surface area contributed by atoms with Crippen molar-refractivity contribution in [1.29, 1.82) is 0 Å². The highest BCUT2D eigenvalue weighted by atomic mass is 16.5. The smallest absolute Gasteiger partial charge is 0.273 e. The maximum absolute atomic E-state index is 13.3. The zero-order valence-electron chi connectivity index (χ0n) is 19.6. The van der Waals surface area contributed by atoms with E-state index in [4.69, 9.17) is 13.9 Å². The van der Waals surface area contributed by atoms with Gasteiger partial charge in [-0.1, -0.05) is 30.3 Å². The Hall–Kier alpha value is -2.71. The molecule has 0 saturated heterocycles. The van der Waals surface area contributed by atoms with Crippen LogP contribution in [0.3, 0.4) is 0 Å². The second kappa shape index (κ2) is 13.1. The normalized spacial score (nSPS) is 17.0. The first-order chi connectivity index (χ1) is 16.1. The number of carbonyl (C=O) groups is 2. The summed E-state index contributed by atoms with van der Waals surface area (Å²) in [6.45, 7) is 7.69. The average Bonchev–Trinajstić information content (AvgIpc) is 3.51. The number of hydrogen-bond acceptors (Lipinski definition) is 6. The van der Waals surface area contributed by atoms with Crippen LogP contribution in [0.1, 0.15) is 61.0 Å². The summed E-state index contributed by atoms with van der Waals surface area (Å²) in [5.74, 6) is 0.400. The molecular weight excluding hydrogens is 422 g/mol. The third-order valence-corrected chi connectivity index (χ3v) is 5.63. The fraction of sp³-hybridized carbons (Fsp3) is 0.560. The van der Waals surface area contributed by atoms with Gasteiger partial charge in [0.2, 0.25) is 11.8 Å². The number of amides is 2. The van der Waals surface area contributed by atoms with Crippen molar-refractivity contribution in [3.05, 3.63) is 53.7 Å². The third-order valence-electron chi connectivity index (χ3n) is 5.63. The Kier molecular flexibility index (Phi) is 9.90. The van der Waals surface area contributed by atoms with E-state index in [1.807, 2.05) is 32.0 Å². The van der Waals surface area contributed by atoms with Gasteiger partial charge >= 0.3 is 0 Å². The second-order valence-corrected chi connectivity index (χ2v) is 8.10. The number of nitrogens with zero attached hydrogens (tertiary/aromatic N) is 2. The molecule has 180 valence electrons. The fourth-order valence-corrected chi connectivity index (χ4v) is 3.80. The summed E-state index contributed by atoms with van der Waals surface area (Å²) in [6.07, 6.45) is 3.66. The summed E-state index contributed by atoms with van der Waals surface area (Å²) in [6, 6.07) is 10.1. The summed E-state index contributed by atoms with van der Waals surface area (Å²) in [5, 5.41) is 2.81. The Morgan fingerprint density at radius 1 is 1.12 bits per heavy atom. The highest BCUT2D eigenvalue weighted by Gasteiger charge is 2.45. The Bertz CT molecular complexity index is 870. The molecule has 1 aliphatic carbocycles.